The van der Waals surface area contributed by atoms with E-state index in [-0.39, 0.29) is 18.2 Å². The van der Waals surface area contributed by atoms with Crippen molar-refractivity contribution in [2.75, 3.05) is 12.9 Å². The summed E-state index contributed by atoms with van der Waals surface area (Å²) in [5.74, 6) is 0.172. The maximum absolute atomic E-state index is 11.4. The Morgan fingerprint density at radius 1 is 1.44 bits per heavy atom. The van der Waals surface area contributed by atoms with E-state index in [1.54, 1.807) is 18.2 Å². The van der Waals surface area contributed by atoms with Crippen molar-refractivity contribution >= 4 is 23.5 Å². The molecule has 0 fully saturated rings. The maximum atomic E-state index is 11.4. The molecule has 0 aliphatic heterocycles. The van der Waals surface area contributed by atoms with Crippen LogP contribution in [0.2, 0.25) is 0 Å². The number of rotatable bonds is 5. The van der Waals surface area contributed by atoms with Crippen molar-refractivity contribution in [3.05, 3.63) is 29.3 Å². The third kappa shape index (κ3) is 3.90. The number of nitriles is 1. The molecule has 0 atom stereocenters. The van der Waals surface area contributed by atoms with Gasteiger partial charge in [-0.2, -0.15) is 5.26 Å². The van der Waals surface area contributed by atoms with E-state index in [1.807, 2.05) is 6.07 Å². The molecule has 0 saturated heterocycles. The minimum absolute atomic E-state index is 0.0555. The number of hydrogen-bond acceptors (Lipinski definition) is 5. The SMILES string of the molecule is COC(=O)CCSc1cc(C#N)ccc1C(C)=O. The Morgan fingerprint density at radius 3 is 2.72 bits per heavy atom. The van der Waals surface area contributed by atoms with E-state index in [4.69, 9.17) is 5.26 Å². The van der Waals surface area contributed by atoms with Gasteiger partial charge in [0.1, 0.15) is 0 Å². The van der Waals surface area contributed by atoms with Crippen molar-refractivity contribution in [3.8, 4) is 6.07 Å². The summed E-state index contributed by atoms with van der Waals surface area (Å²) in [6.07, 6.45) is 0.273. The number of Topliss-reactive ketones (excluding diaryl/α,β-unsaturated/α-hetero) is 1. The summed E-state index contributed by atoms with van der Waals surface area (Å²) < 4.78 is 4.54. The van der Waals surface area contributed by atoms with Crippen LogP contribution in [-0.2, 0) is 9.53 Å². The van der Waals surface area contributed by atoms with Gasteiger partial charge in [0.05, 0.1) is 25.2 Å². The molecule has 0 amide bonds. The van der Waals surface area contributed by atoms with Crippen LogP contribution in [0.1, 0.15) is 29.3 Å². The van der Waals surface area contributed by atoms with E-state index in [0.29, 0.717) is 16.9 Å². The summed E-state index contributed by atoms with van der Waals surface area (Å²) >= 11 is 1.38. The first-order valence-electron chi connectivity index (χ1n) is 5.33. The van der Waals surface area contributed by atoms with E-state index in [0.717, 1.165) is 4.90 Å². The maximum Gasteiger partial charge on any atom is 0.306 e. The molecule has 5 heteroatoms. The quantitative estimate of drug-likeness (QED) is 0.463. The highest BCUT2D eigenvalue weighted by atomic mass is 32.2. The summed E-state index contributed by atoms with van der Waals surface area (Å²) in [6, 6.07) is 6.95. The molecular formula is C13H13NO3S. The number of esters is 1. The molecule has 1 aromatic rings. The third-order valence-electron chi connectivity index (χ3n) is 2.28. The molecule has 0 spiro atoms. The van der Waals surface area contributed by atoms with Crippen LogP contribution in [0.5, 0.6) is 0 Å². The summed E-state index contributed by atoms with van der Waals surface area (Å²) in [7, 11) is 1.34. The molecule has 4 nitrogen and oxygen atoms in total. The van der Waals surface area contributed by atoms with Gasteiger partial charge in [-0.25, -0.2) is 0 Å². The molecule has 0 radical (unpaired) electrons. The van der Waals surface area contributed by atoms with E-state index >= 15 is 0 Å². The van der Waals surface area contributed by atoms with E-state index in [1.165, 1.54) is 25.8 Å². The number of nitrogens with zero attached hydrogens (tertiary/aromatic N) is 1. The van der Waals surface area contributed by atoms with E-state index in [9.17, 15) is 9.59 Å². The van der Waals surface area contributed by atoms with Gasteiger partial charge in [0.2, 0.25) is 0 Å². The lowest BCUT2D eigenvalue weighted by molar-refractivity contribution is -0.140. The van der Waals surface area contributed by atoms with Crippen molar-refractivity contribution in [1.29, 1.82) is 5.26 Å². The topological polar surface area (TPSA) is 67.2 Å². The molecule has 0 aromatic heterocycles. The second-order valence-corrected chi connectivity index (χ2v) is 4.69. The van der Waals surface area contributed by atoms with Crippen LogP contribution in [0, 0.1) is 11.3 Å². The van der Waals surface area contributed by atoms with Gasteiger partial charge in [-0.05, 0) is 25.1 Å². The van der Waals surface area contributed by atoms with Gasteiger partial charge in [0, 0.05) is 16.2 Å². The monoisotopic (exact) mass is 263 g/mol. The first-order chi connectivity index (χ1) is 8.58. The molecule has 0 heterocycles. The zero-order valence-electron chi connectivity index (χ0n) is 10.2. The highest BCUT2D eigenvalue weighted by molar-refractivity contribution is 7.99. The zero-order chi connectivity index (χ0) is 13.5. The number of hydrogen-bond donors (Lipinski definition) is 0. The van der Waals surface area contributed by atoms with Gasteiger partial charge in [-0.15, -0.1) is 11.8 Å². The minimum Gasteiger partial charge on any atom is -0.469 e. The van der Waals surface area contributed by atoms with Crippen LogP contribution < -0.4 is 0 Å². The largest absolute Gasteiger partial charge is 0.469 e. The van der Waals surface area contributed by atoms with Crippen LogP contribution >= 0.6 is 11.8 Å². The van der Waals surface area contributed by atoms with Crippen LogP contribution in [0.4, 0.5) is 0 Å². The van der Waals surface area contributed by atoms with Crippen LogP contribution in [-0.4, -0.2) is 24.6 Å². The molecule has 18 heavy (non-hydrogen) atoms. The lowest BCUT2D eigenvalue weighted by atomic mass is 10.1. The van der Waals surface area contributed by atoms with Gasteiger partial charge in [-0.1, -0.05) is 0 Å². The number of methoxy groups -OCH3 is 1. The van der Waals surface area contributed by atoms with Gasteiger partial charge >= 0.3 is 5.97 Å². The lowest BCUT2D eigenvalue weighted by Crippen LogP contribution is -2.02. The van der Waals surface area contributed by atoms with Crippen molar-refractivity contribution in [2.24, 2.45) is 0 Å². The first kappa shape index (κ1) is 14.3. The minimum atomic E-state index is -0.289. The summed E-state index contributed by atoms with van der Waals surface area (Å²) in [5.41, 5.74) is 1.07. The fourth-order valence-electron chi connectivity index (χ4n) is 1.35. The Kier molecular flexibility index (Phi) is 5.40. The predicted octanol–water partition coefficient (Wildman–Crippen LogP) is 2.42. The zero-order valence-corrected chi connectivity index (χ0v) is 11.0. The average molecular weight is 263 g/mol. The molecule has 0 N–H and O–H groups in total. The third-order valence-corrected chi connectivity index (χ3v) is 3.34. The van der Waals surface area contributed by atoms with Crippen molar-refractivity contribution in [3.63, 3.8) is 0 Å². The molecule has 0 aliphatic carbocycles. The number of benzene rings is 1. The Labute approximate surface area is 110 Å². The van der Waals surface area contributed by atoms with Crippen LogP contribution in [0.15, 0.2) is 23.1 Å². The average Bonchev–Trinajstić information content (AvgIpc) is 2.37. The fourth-order valence-corrected chi connectivity index (χ4v) is 2.41. The van der Waals surface area contributed by atoms with Gasteiger partial charge in [0.15, 0.2) is 5.78 Å². The van der Waals surface area contributed by atoms with Crippen LogP contribution in [0.25, 0.3) is 0 Å². The number of carbonyl (C=O) groups excluding carboxylic acids is 2. The van der Waals surface area contributed by atoms with Gasteiger partial charge in [-0.3, -0.25) is 9.59 Å². The van der Waals surface area contributed by atoms with E-state index in [2.05, 4.69) is 4.74 Å². The summed E-state index contributed by atoms with van der Waals surface area (Å²) in [4.78, 5) is 23.1. The van der Waals surface area contributed by atoms with E-state index < -0.39 is 0 Å². The molecular weight excluding hydrogens is 250 g/mol. The molecule has 0 saturated carbocycles. The normalized spacial score (nSPS) is 9.61. The Hall–Kier alpha value is -1.80. The molecule has 0 bridgehead atoms. The highest BCUT2D eigenvalue weighted by Gasteiger charge is 2.10. The number of thioether (sulfide) groups is 1. The number of ether oxygens (including phenoxy) is 1. The second kappa shape index (κ2) is 6.82. The summed E-state index contributed by atoms with van der Waals surface area (Å²) in [5, 5.41) is 8.82. The molecule has 94 valence electrons. The lowest BCUT2D eigenvalue weighted by Gasteiger charge is -2.06. The first-order valence-corrected chi connectivity index (χ1v) is 6.31. The Balaban J connectivity index is 2.82. The van der Waals surface area contributed by atoms with Crippen molar-refractivity contribution in [1.82, 2.24) is 0 Å². The molecule has 0 unspecified atom stereocenters. The Morgan fingerprint density at radius 2 is 2.17 bits per heavy atom. The molecule has 0 aliphatic rings. The predicted molar refractivity (Wildman–Crippen MR) is 68.5 cm³/mol. The highest BCUT2D eigenvalue weighted by Crippen LogP contribution is 2.25. The van der Waals surface area contributed by atoms with Crippen molar-refractivity contribution < 1.29 is 14.3 Å². The Bertz CT molecular complexity index is 505. The van der Waals surface area contributed by atoms with Crippen molar-refractivity contribution in [2.45, 2.75) is 18.2 Å². The van der Waals surface area contributed by atoms with Gasteiger partial charge in [0.25, 0.3) is 0 Å². The summed E-state index contributed by atoms with van der Waals surface area (Å²) in [6.45, 7) is 1.48. The number of carbonyl (C=O) groups is 2. The second-order valence-electron chi connectivity index (χ2n) is 3.55. The fraction of sp³-hybridized carbons (Fsp3) is 0.308. The molecule has 1 aromatic carbocycles. The molecule has 1 rings (SSSR count). The number of ketones is 1. The van der Waals surface area contributed by atoms with Gasteiger partial charge < -0.3 is 4.74 Å². The smallest absolute Gasteiger partial charge is 0.306 e. The standard InChI is InChI=1S/C13H13NO3S/c1-9(15)11-4-3-10(8-14)7-12(11)18-6-5-13(16)17-2/h3-4,7H,5-6H2,1-2H3. The van der Waals surface area contributed by atoms with Crippen LogP contribution in [0.3, 0.4) is 0 Å².